The van der Waals surface area contributed by atoms with Crippen LogP contribution >= 0.6 is 0 Å². The molecule has 0 spiro atoms. The minimum Gasteiger partial charge on any atom is -0.340 e. The predicted octanol–water partition coefficient (Wildman–Crippen LogP) is 0.780. The Bertz CT molecular complexity index is 326. The van der Waals surface area contributed by atoms with Gasteiger partial charge in [0.15, 0.2) is 5.82 Å². The molecule has 16 heavy (non-hydrogen) atoms. The Morgan fingerprint density at radius 3 is 3.06 bits per heavy atom. The van der Waals surface area contributed by atoms with E-state index in [-0.39, 0.29) is 0 Å². The quantitative estimate of drug-likeness (QED) is 0.790. The van der Waals surface area contributed by atoms with Crippen molar-refractivity contribution in [2.24, 2.45) is 5.73 Å². The van der Waals surface area contributed by atoms with Gasteiger partial charge in [0.25, 0.3) is 0 Å². The van der Waals surface area contributed by atoms with E-state index >= 15 is 0 Å². The van der Waals surface area contributed by atoms with Gasteiger partial charge in [0, 0.05) is 32.0 Å². The molecule has 0 aromatic carbocycles. The first kappa shape index (κ1) is 11.5. The van der Waals surface area contributed by atoms with Crippen molar-refractivity contribution in [2.45, 2.75) is 51.1 Å². The van der Waals surface area contributed by atoms with Crippen LogP contribution < -0.4 is 11.1 Å². The van der Waals surface area contributed by atoms with Crippen LogP contribution in [0, 0.1) is 6.92 Å². The SMILES string of the molecule is Cc1nc(CCNC2CCCC(N)C2)no1. The normalized spacial score (nSPS) is 25.9. The molecule has 1 heterocycles. The van der Waals surface area contributed by atoms with Gasteiger partial charge < -0.3 is 15.6 Å². The third-order valence-corrected chi connectivity index (χ3v) is 3.07. The van der Waals surface area contributed by atoms with Gasteiger partial charge in [-0.1, -0.05) is 11.6 Å². The molecule has 2 rings (SSSR count). The summed E-state index contributed by atoms with van der Waals surface area (Å²) in [6.07, 6.45) is 5.55. The van der Waals surface area contributed by atoms with Crippen molar-refractivity contribution < 1.29 is 4.52 Å². The third kappa shape index (κ3) is 3.28. The van der Waals surface area contributed by atoms with E-state index in [1.54, 1.807) is 0 Å². The van der Waals surface area contributed by atoms with Gasteiger partial charge in [0.1, 0.15) is 0 Å². The molecule has 1 aliphatic rings. The Balaban J connectivity index is 1.67. The number of rotatable bonds is 4. The number of hydrogen-bond acceptors (Lipinski definition) is 5. The second kappa shape index (κ2) is 5.41. The van der Waals surface area contributed by atoms with E-state index in [1.807, 2.05) is 6.92 Å². The van der Waals surface area contributed by atoms with Crippen molar-refractivity contribution >= 4 is 0 Å². The molecule has 0 amide bonds. The van der Waals surface area contributed by atoms with Crippen molar-refractivity contribution in [3.8, 4) is 0 Å². The molecule has 0 radical (unpaired) electrons. The molecule has 3 N–H and O–H groups in total. The number of nitrogens with zero attached hydrogens (tertiary/aromatic N) is 2. The van der Waals surface area contributed by atoms with Gasteiger partial charge in [-0.15, -0.1) is 0 Å². The zero-order valence-corrected chi connectivity index (χ0v) is 9.78. The fraction of sp³-hybridized carbons (Fsp3) is 0.818. The first-order valence-electron chi connectivity index (χ1n) is 6.02. The molecule has 0 bridgehead atoms. The van der Waals surface area contributed by atoms with E-state index in [0.29, 0.717) is 18.0 Å². The molecule has 2 unspecified atom stereocenters. The third-order valence-electron chi connectivity index (χ3n) is 3.07. The first-order chi connectivity index (χ1) is 7.74. The van der Waals surface area contributed by atoms with Gasteiger partial charge in [-0.25, -0.2) is 0 Å². The molecule has 1 aliphatic carbocycles. The molecular formula is C11H20N4O. The summed E-state index contributed by atoms with van der Waals surface area (Å²) >= 11 is 0. The molecule has 1 aromatic heterocycles. The van der Waals surface area contributed by atoms with Gasteiger partial charge in [0.05, 0.1) is 0 Å². The highest BCUT2D eigenvalue weighted by molar-refractivity contribution is 4.86. The number of nitrogens with two attached hydrogens (primary N) is 1. The van der Waals surface area contributed by atoms with Crippen molar-refractivity contribution in [1.82, 2.24) is 15.5 Å². The Hall–Kier alpha value is -0.940. The van der Waals surface area contributed by atoms with Crippen LogP contribution in [0.5, 0.6) is 0 Å². The molecule has 0 aliphatic heterocycles. The van der Waals surface area contributed by atoms with Gasteiger partial charge in [-0.2, -0.15) is 4.98 Å². The van der Waals surface area contributed by atoms with Crippen LogP contribution in [0.2, 0.25) is 0 Å². The molecule has 5 heteroatoms. The zero-order valence-electron chi connectivity index (χ0n) is 9.78. The number of aromatic nitrogens is 2. The van der Waals surface area contributed by atoms with E-state index in [2.05, 4.69) is 15.5 Å². The Morgan fingerprint density at radius 2 is 2.38 bits per heavy atom. The summed E-state index contributed by atoms with van der Waals surface area (Å²) < 4.78 is 4.92. The van der Waals surface area contributed by atoms with Crippen LogP contribution in [0.15, 0.2) is 4.52 Å². The maximum absolute atomic E-state index is 5.93. The van der Waals surface area contributed by atoms with Crippen molar-refractivity contribution in [3.05, 3.63) is 11.7 Å². The van der Waals surface area contributed by atoms with Crippen LogP contribution in [0.3, 0.4) is 0 Å². The van der Waals surface area contributed by atoms with Gasteiger partial charge >= 0.3 is 0 Å². The zero-order chi connectivity index (χ0) is 11.4. The highest BCUT2D eigenvalue weighted by Crippen LogP contribution is 2.16. The lowest BCUT2D eigenvalue weighted by Gasteiger charge is -2.27. The topological polar surface area (TPSA) is 77.0 Å². The number of hydrogen-bond donors (Lipinski definition) is 2. The monoisotopic (exact) mass is 224 g/mol. The van der Waals surface area contributed by atoms with Gasteiger partial charge in [0.2, 0.25) is 5.89 Å². The standard InChI is InChI=1S/C11H20N4O/c1-8-14-11(15-16-8)5-6-13-10-4-2-3-9(12)7-10/h9-10,13H,2-7,12H2,1H3. The summed E-state index contributed by atoms with van der Waals surface area (Å²) in [7, 11) is 0. The average molecular weight is 224 g/mol. The predicted molar refractivity (Wildman–Crippen MR) is 61.0 cm³/mol. The van der Waals surface area contributed by atoms with E-state index in [0.717, 1.165) is 25.2 Å². The molecule has 90 valence electrons. The van der Waals surface area contributed by atoms with Crippen LogP contribution in [0.1, 0.15) is 37.4 Å². The minimum absolute atomic E-state index is 0.374. The molecule has 2 atom stereocenters. The summed E-state index contributed by atoms with van der Waals surface area (Å²) in [5.74, 6) is 1.42. The molecular weight excluding hydrogens is 204 g/mol. The largest absolute Gasteiger partial charge is 0.340 e. The summed E-state index contributed by atoms with van der Waals surface area (Å²) in [6, 6.07) is 0.940. The first-order valence-corrected chi connectivity index (χ1v) is 6.02. The summed E-state index contributed by atoms with van der Waals surface area (Å²) in [4.78, 5) is 4.17. The number of aryl methyl sites for hydroxylation is 1. The van der Waals surface area contributed by atoms with E-state index in [4.69, 9.17) is 10.3 Å². The summed E-state index contributed by atoms with van der Waals surface area (Å²) in [5, 5.41) is 7.37. The van der Waals surface area contributed by atoms with E-state index < -0.39 is 0 Å². The van der Waals surface area contributed by atoms with Crippen molar-refractivity contribution in [1.29, 1.82) is 0 Å². The fourth-order valence-corrected chi connectivity index (χ4v) is 2.24. The lowest BCUT2D eigenvalue weighted by molar-refractivity contribution is 0.339. The lowest BCUT2D eigenvalue weighted by Crippen LogP contribution is -2.40. The molecule has 1 aromatic rings. The van der Waals surface area contributed by atoms with Crippen molar-refractivity contribution in [3.63, 3.8) is 0 Å². The highest BCUT2D eigenvalue weighted by Gasteiger charge is 2.18. The smallest absolute Gasteiger partial charge is 0.223 e. The fourth-order valence-electron chi connectivity index (χ4n) is 2.24. The Labute approximate surface area is 95.8 Å². The average Bonchev–Trinajstić information content (AvgIpc) is 2.64. The maximum Gasteiger partial charge on any atom is 0.223 e. The number of nitrogens with one attached hydrogen (secondary N) is 1. The maximum atomic E-state index is 5.93. The minimum atomic E-state index is 0.374. The van der Waals surface area contributed by atoms with Crippen LogP contribution in [0.4, 0.5) is 0 Å². The highest BCUT2D eigenvalue weighted by atomic mass is 16.5. The summed E-state index contributed by atoms with van der Waals surface area (Å²) in [5.41, 5.74) is 5.93. The van der Waals surface area contributed by atoms with Gasteiger partial charge in [-0.05, 0) is 19.3 Å². The van der Waals surface area contributed by atoms with Crippen LogP contribution in [0.25, 0.3) is 0 Å². The second-order valence-corrected chi connectivity index (χ2v) is 4.56. The lowest BCUT2D eigenvalue weighted by atomic mass is 9.91. The second-order valence-electron chi connectivity index (χ2n) is 4.56. The Kier molecular flexibility index (Phi) is 3.90. The molecule has 1 fully saturated rings. The molecule has 5 nitrogen and oxygen atoms in total. The van der Waals surface area contributed by atoms with E-state index in [1.165, 1.54) is 19.3 Å². The van der Waals surface area contributed by atoms with Gasteiger partial charge in [-0.3, -0.25) is 0 Å². The van der Waals surface area contributed by atoms with Crippen LogP contribution in [-0.2, 0) is 6.42 Å². The van der Waals surface area contributed by atoms with E-state index in [9.17, 15) is 0 Å². The molecule has 1 saturated carbocycles. The van der Waals surface area contributed by atoms with Crippen molar-refractivity contribution in [2.75, 3.05) is 6.54 Å². The van der Waals surface area contributed by atoms with Crippen LogP contribution in [-0.4, -0.2) is 28.8 Å². The summed E-state index contributed by atoms with van der Waals surface area (Å²) in [6.45, 7) is 2.71. The Morgan fingerprint density at radius 1 is 1.50 bits per heavy atom. The molecule has 0 saturated heterocycles.